The van der Waals surface area contributed by atoms with E-state index in [4.69, 9.17) is 18.9 Å². The van der Waals surface area contributed by atoms with Crippen molar-refractivity contribution in [3.05, 3.63) is 24.3 Å². The Balaban J connectivity index is 2.38. The highest BCUT2D eigenvalue weighted by atomic mass is 32.3. The molecule has 1 rings (SSSR count). The van der Waals surface area contributed by atoms with Crippen molar-refractivity contribution in [1.29, 1.82) is 0 Å². The predicted octanol–water partition coefficient (Wildman–Crippen LogP) is 10.8. The molecule has 1 saturated heterocycles. The van der Waals surface area contributed by atoms with Gasteiger partial charge in [-0.1, -0.05) is 186 Å². The third-order valence-electron chi connectivity index (χ3n) is 11.3. The van der Waals surface area contributed by atoms with E-state index in [1.54, 1.807) is 0 Å². The molecule has 0 spiro atoms. The average Bonchev–Trinajstić information content (AvgIpc) is 3.23. The van der Waals surface area contributed by atoms with Crippen LogP contribution in [-0.2, 0) is 38.3 Å². The van der Waals surface area contributed by atoms with Gasteiger partial charge in [-0.05, 0) is 44.9 Å². The van der Waals surface area contributed by atoms with E-state index in [1.807, 2.05) is 0 Å². The van der Waals surface area contributed by atoms with Crippen molar-refractivity contribution < 1.29 is 56.2 Å². The van der Waals surface area contributed by atoms with E-state index < -0.39 is 59.8 Å². The molecule has 13 heteroatoms. The lowest BCUT2D eigenvalue weighted by atomic mass is 9.99. The van der Waals surface area contributed by atoms with Gasteiger partial charge in [0.25, 0.3) is 0 Å². The van der Waals surface area contributed by atoms with Gasteiger partial charge < -0.3 is 34.3 Å². The lowest BCUT2D eigenvalue weighted by molar-refractivity contribution is -0.301. The minimum atomic E-state index is -5.06. The number of ether oxygens (including phenoxy) is 4. The predicted molar refractivity (Wildman–Crippen MR) is 244 cm³/mol. The second-order valence-electron chi connectivity index (χ2n) is 17.1. The summed E-state index contributed by atoms with van der Waals surface area (Å²) in [5.41, 5.74) is 0. The molecule has 6 atom stereocenters. The van der Waals surface area contributed by atoms with Gasteiger partial charge in [0.2, 0.25) is 0 Å². The minimum Gasteiger partial charge on any atom is -0.457 e. The van der Waals surface area contributed by atoms with Gasteiger partial charge in [0, 0.05) is 13.0 Å². The molecule has 1 heterocycles. The number of rotatable bonds is 43. The van der Waals surface area contributed by atoms with Crippen LogP contribution in [0.5, 0.6) is 0 Å². The number of hydrogen-bond donors (Lipinski definition) is 4. The molecule has 0 bridgehead atoms. The van der Waals surface area contributed by atoms with E-state index in [1.165, 1.54) is 135 Å². The zero-order valence-corrected chi connectivity index (χ0v) is 39.3. The van der Waals surface area contributed by atoms with E-state index in [2.05, 4.69) is 42.3 Å². The van der Waals surface area contributed by atoms with E-state index in [0.717, 1.165) is 51.4 Å². The number of carbonyl (C=O) groups is 1. The first kappa shape index (κ1) is 57.6. The van der Waals surface area contributed by atoms with Crippen molar-refractivity contribution in [3.8, 4) is 0 Å². The number of carbonyl (C=O) groups excluding carboxylic acids is 1. The molecule has 4 N–H and O–H groups in total. The highest BCUT2D eigenvalue weighted by Crippen LogP contribution is 2.26. The Hall–Kier alpha value is -1.42. The monoisotopic (exact) mass is 891 g/mol. The van der Waals surface area contributed by atoms with Gasteiger partial charge >= 0.3 is 16.4 Å². The molecule has 0 saturated carbocycles. The largest absolute Gasteiger partial charge is 0.457 e. The summed E-state index contributed by atoms with van der Waals surface area (Å²) in [6.45, 7) is 3.99. The van der Waals surface area contributed by atoms with Crippen LogP contribution >= 0.6 is 0 Å². The van der Waals surface area contributed by atoms with Crippen LogP contribution < -0.4 is 0 Å². The molecular weight excluding hydrogens is 801 g/mol. The van der Waals surface area contributed by atoms with Gasteiger partial charge in [0.1, 0.15) is 30.5 Å². The van der Waals surface area contributed by atoms with Crippen molar-refractivity contribution in [2.24, 2.45) is 0 Å². The van der Waals surface area contributed by atoms with E-state index in [0.29, 0.717) is 13.0 Å². The summed E-state index contributed by atoms with van der Waals surface area (Å²) in [5, 5.41) is 30.7. The van der Waals surface area contributed by atoms with Crippen LogP contribution in [0.1, 0.15) is 213 Å². The Kier molecular flexibility index (Phi) is 37.9. The number of esters is 1. The molecule has 0 aromatic rings. The molecular formula is C48H90O12S. The van der Waals surface area contributed by atoms with Crippen molar-refractivity contribution in [1.82, 2.24) is 0 Å². The van der Waals surface area contributed by atoms with E-state index in [-0.39, 0.29) is 19.6 Å². The highest BCUT2D eigenvalue weighted by Gasteiger charge is 2.48. The Bertz CT molecular complexity index is 1170. The van der Waals surface area contributed by atoms with Gasteiger partial charge in [0.05, 0.1) is 19.8 Å². The van der Waals surface area contributed by atoms with Crippen molar-refractivity contribution in [3.63, 3.8) is 0 Å². The second-order valence-corrected chi connectivity index (χ2v) is 18.1. The first-order chi connectivity index (χ1) is 29.6. The maximum absolute atomic E-state index is 12.9. The molecule has 0 radical (unpaired) electrons. The molecule has 0 aromatic carbocycles. The zero-order valence-electron chi connectivity index (χ0n) is 38.5. The average molecular weight is 891 g/mol. The number of hydrogen-bond acceptors (Lipinski definition) is 11. The topological polar surface area (TPSA) is 178 Å². The summed E-state index contributed by atoms with van der Waals surface area (Å²) >= 11 is 0. The third-order valence-corrected chi connectivity index (χ3v) is 11.8. The molecule has 0 aliphatic carbocycles. The SMILES string of the molecule is CCCCCC/C=C\C/C=C\CCCCCCCCCCOCC(COC1OC(CO)C(O)C(OS(=O)(=O)O)C1O)OC(=O)CCCCCCCCCCCCCCCCC. The number of aliphatic hydroxyl groups excluding tert-OH is 3. The molecule has 1 aliphatic rings. The summed E-state index contributed by atoms with van der Waals surface area (Å²) in [7, 11) is -5.06. The maximum atomic E-state index is 12.9. The fourth-order valence-corrected chi connectivity index (χ4v) is 8.09. The lowest BCUT2D eigenvalue weighted by Gasteiger charge is -2.41. The standard InChI is InChI=1S/C48H90O12S/c1-3-5-7-9-11-13-15-17-19-20-21-22-24-26-28-30-32-34-36-38-56-40-42(41-57-48-46(52)47(60-61(53,54)55)45(51)43(39-49)59-48)58-44(50)37-35-33-31-29-27-25-23-18-16-14-12-10-8-6-4-2/h13,15,19-20,42-43,45-49,51-52H,3-12,14,16-18,21-41H2,1-2H3,(H,53,54,55)/b15-13-,20-19-. The van der Waals surface area contributed by atoms with Crippen molar-refractivity contribution >= 4 is 16.4 Å². The van der Waals surface area contributed by atoms with Crippen LogP contribution in [0.2, 0.25) is 0 Å². The number of allylic oxidation sites excluding steroid dienone is 4. The molecule has 1 fully saturated rings. The molecule has 1 aliphatic heterocycles. The summed E-state index contributed by atoms with van der Waals surface area (Å²) in [6.07, 6.45) is 36.3. The summed E-state index contributed by atoms with van der Waals surface area (Å²) < 4.78 is 59.2. The van der Waals surface area contributed by atoms with Gasteiger partial charge in [-0.3, -0.25) is 9.35 Å². The maximum Gasteiger partial charge on any atom is 0.397 e. The van der Waals surface area contributed by atoms with Crippen molar-refractivity contribution in [2.75, 3.05) is 26.4 Å². The first-order valence-electron chi connectivity index (χ1n) is 24.6. The summed E-state index contributed by atoms with van der Waals surface area (Å²) in [5.74, 6) is -0.398. The van der Waals surface area contributed by atoms with Crippen molar-refractivity contribution in [2.45, 2.75) is 250 Å². The third kappa shape index (κ3) is 33.7. The molecule has 61 heavy (non-hydrogen) atoms. The molecule has 360 valence electrons. The van der Waals surface area contributed by atoms with Gasteiger partial charge in [-0.15, -0.1) is 0 Å². The summed E-state index contributed by atoms with van der Waals surface area (Å²) in [6, 6.07) is 0. The van der Waals surface area contributed by atoms with Gasteiger partial charge in [0.15, 0.2) is 6.29 Å². The normalized spacial score (nSPS) is 20.3. The molecule has 12 nitrogen and oxygen atoms in total. The fourth-order valence-electron chi connectivity index (χ4n) is 7.59. The van der Waals surface area contributed by atoms with Crippen LogP contribution in [0.4, 0.5) is 0 Å². The minimum absolute atomic E-state index is 0.0359. The fraction of sp³-hybridized carbons (Fsp3) is 0.896. The van der Waals surface area contributed by atoms with Crippen LogP contribution in [0.15, 0.2) is 24.3 Å². The van der Waals surface area contributed by atoms with Crippen LogP contribution in [0, 0.1) is 0 Å². The Labute approximate surface area is 371 Å². The molecule has 0 amide bonds. The summed E-state index contributed by atoms with van der Waals surface area (Å²) in [4.78, 5) is 12.9. The van der Waals surface area contributed by atoms with Crippen LogP contribution in [0.25, 0.3) is 0 Å². The molecule has 6 unspecified atom stereocenters. The Morgan fingerprint density at radius 3 is 1.57 bits per heavy atom. The van der Waals surface area contributed by atoms with E-state index in [9.17, 15) is 33.1 Å². The number of unbranched alkanes of at least 4 members (excludes halogenated alkanes) is 26. The van der Waals surface area contributed by atoms with Gasteiger partial charge in [-0.2, -0.15) is 8.42 Å². The highest BCUT2D eigenvalue weighted by molar-refractivity contribution is 7.80. The van der Waals surface area contributed by atoms with Crippen LogP contribution in [0.3, 0.4) is 0 Å². The van der Waals surface area contributed by atoms with Gasteiger partial charge in [-0.25, -0.2) is 4.18 Å². The Morgan fingerprint density at radius 1 is 0.623 bits per heavy atom. The smallest absolute Gasteiger partial charge is 0.397 e. The zero-order chi connectivity index (χ0) is 44.7. The quantitative estimate of drug-likeness (QED) is 0.0197. The molecule has 0 aromatic heterocycles. The Morgan fingerprint density at radius 2 is 1.08 bits per heavy atom. The number of aliphatic hydroxyl groups is 3. The van der Waals surface area contributed by atoms with Crippen LogP contribution in [-0.4, -0.2) is 97.5 Å². The van der Waals surface area contributed by atoms with E-state index >= 15 is 0 Å². The second kappa shape index (κ2) is 40.1. The lowest BCUT2D eigenvalue weighted by Crippen LogP contribution is -2.60. The first-order valence-corrected chi connectivity index (χ1v) is 26.0.